The molecule has 1 aromatic rings. The minimum absolute atomic E-state index is 0.152. The summed E-state index contributed by atoms with van der Waals surface area (Å²) in [5, 5.41) is 0. The Kier molecular flexibility index (Phi) is 3.84. The highest BCUT2D eigenvalue weighted by atomic mass is 79.9. The van der Waals surface area contributed by atoms with Crippen LogP contribution in [0.3, 0.4) is 0 Å². The van der Waals surface area contributed by atoms with E-state index in [2.05, 4.69) is 15.9 Å². The van der Waals surface area contributed by atoms with Crippen LogP contribution >= 0.6 is 15.9 Å². The number of carbonyl (C=O) groups is 1. The zero-order valence-electron chi connectivity index (χ0n) is 11.4. The van der Waals surface area contributed by atoms with E-state index in [4.69, 9.17) is 14.2 Å². The van der Waals surface area contributed by atoms with Gasteiger partial charge in [-0.1, -0.05) is 22.4 Å². The number of methoxy groups -OCH3 is 1. The van der Waals surface area contributed by atoms with Crippen LogP contribution in [0, 0.1) is 0 Å². The Morgan fingerprint density at radius 1 is 1.30 bits per heavy atom. The molecule has 1 aliphatic carbocycles. The highest BCUT2D eigenvalue weighted by molar-refractivity contribution is 9.10. The van der Waals surface area contributed by atoms with Crippen molar-refractivity contribution in [2.45, 2.75) is 31.0 Å². The van der Waals surface area contributed by atoms with E-state index in [1.807, 2.05) is 18.2 Å². The van der Waals surface area contributed by atoms with Crippen molar-refractivity contribution in [3.63, 3.8) is 0 Å². The summed E-state index contributed by atoms with van der Waals surface area (Å²) in [6, 6.07) is 5.98. The maximum absolute atomic E-state index is 12.2. The monoisotopic (exact) mass is 340 g/mol. The third-order valence-electron chi connectivity index (χ3n) is 4.15. The molecular weight excluding hydrogens is 324 g/mol. The molecule has 1 saturated heterocycles. The van der Waals surface area contributed by atoms with Gasteiger partial charge in [0.25, 0.3) is 0 Å². The zero-order valence-corrected chi connectivity index (χ0v) is 12.9. The first-order chi connectivity index (χ1) is 9.65. The number of carbonyl (C=O) groups excluding carboxylic acids is 1. The molecule has 1 aliphatic heterocycles. The van der Waals surface area contributed by atoms with Crippen molar-refractivity contribution in [2.75, 3.05) is 20.3 Å². The van der Waals surface area contributed by atoms with Crippen molar-refractivity contribution in [3.8, 4) is 0 Å². The van der Waals surface area contributed by atoms with Gasteiger partial charge in [-0.15, -0.1) is 0 Å². The molecule has 0 N–H and O–H groups in total. The van der Waals surface area contributed by atoms with Crippen molar-refractivity contribution in [2.24, 2.45) is 0 Å². The number of benzene rings is 1. The minimum atomic E-state index is -0.494. The fourth-order valence-electron chi connectivity index (χ4n) is 2.91. The van der Waals surface area contributed by atoms with E-state index in [0.717, 1.165) is 34.9 Å². The topological polar surface area (TPSA) is 44.8 Å². The van der Waals surface area contributed by atoms with E-state index < -0.39 is 5.41 Å². The van der Waals surface area contributed by atoms with Crippen molar-refractivity contribution in [1.29, 1.82) is 0 Å². The summed E-state index contributed by atoms with van der Waals surface area (Å²) < 4.78 is 17.0. The third-order valence-corrected chi connectivity index (χ3v) is 4.61. The molecule has 20 heavy (non-hydrogen) atoms. The van der Waals surface area contributed by atoms with E-state index in [-0.39, 0.29) is 12.3 Å². The third kappa shape index (κ3) is 2.28. The molecule has 0 spiro atoms. The lowest BCUT2D eigenvalue weighted by molar-refractivity contribution is -0.151. The van der Waals surface area contributed by atoms with Gasteiger partial charge in [-0.05, 0) is 36.6 Å². The molecule has 3 rings (SSSR count). The van der Waals surface area contributed by atoms with E-state index in [1.165, 1.54) is 7.11 Å². The van der Waals surface area contributed by atoms with Crippen LogP contribution in [0.5, 0.6) is 0 Å². The lowest BCUT2D eigenvalue weighted by Crippen LogP contribution is -2.43. The molecule has 0 unspecified atom stereocenters. The fourth-order valence-corrected chi connectivity index (χ4v) is 3.42. The van der Waals surface area contributed by atoms with Gasteiger partial charge >= 0.3 is 5.97 Å². The van der Waals surface area contributed by atoms with Crippen LogP contribution in [-0.4, -0.2) is 26.3 Å². The largest absolute Gasteiger partial charge is 0.468 e. The molecular formula is C15H17BrO4. The van der Waals surface area contributed by atoms with Gasteiger partial charge in [0.1, 0.15) is 0 Å². The van der Waals surface area contributed by atoms with Crippen LogP contribution in [-0.2, 0) is 24.4 Å². The number of rotatable bonds is 3. The second-order valence-corrected chi connectivity index (χ2v) is 6.19. The molecule has 2 fully saturated rings. The van der Waals surface area contributed by atoms with Crippen molar-refractivity contribution in [3.05, 3.63) is 33.8 Å². The molecule has 5 heteroatoms. The lowest BCUT2D eigenvalue weighted by Gasteiger charge is -2.39. The Labute approximate surface area is 126 Å². The Hall–Kier alpha value is -0.910. The summed E-state index contributed by atoms with van der Waals surface area (Å²) in [6.45, 7) is 1.21. The van der Waals surface area contributed by atoms with E-state index in [1.54, 1.807) is 0 Å². The van der Waals surface area contributed by atoms with Gasteiger partial charge < -0.3 is 14.2 Å². The van der Waals surface area contributed by atoms with Crippen LogP contribution in [0.2, 0.25) is 0 Å². The van der Waals surface area contributed by atoms with Gasteiger partial charge in [-0.3, -0.25) is 4.79 Å². The Bertz CT molecular complexity index is 519. The van der Waals surface area contributed by atoms with Crippen molar-refractivity contribution >= 4 is 21.9 Å². The number of halogens is 1. The van der Waals surface area contributed by atoms with Crippen molar-refractivity contribution < 1.29 is 19.0 Å². The van der Waals surface area contributed by atoms with Gasteiger partial charge in [0, 0.05) is 10.0 Å². The molecule has 1 aromatic carbocycles. The number of ether oxygens (including phenoxy) is 3. The Morgan fingerprint density at radius 3 is 2.55 bits per heavy atom. The molecule has 0 radical (unpaired) electrons. The predicted octanol–water partition coefficient (Wildman–Crippen LogP) is 3.09. The van der Waals surface area contributed by atoms with E-state index in [9.17, 15) is 4.79 Å². The highest BCUT2D eigenvalue weighted by Gasteiger charge is 2.47. The van der Waals surface area contributed by atoms with Crippen LogP contribution in [0.25, 0.3) is 0 Å². The average molecular weight is 341 g/mol. The summed E-state index contributed by atoms with van der Waals surface area (Å²) in [5.41, 5.74) is 1.44. The van der Waals surface area contributed by atoms with E-state index >= 15 is 0 Å². The average Bonchev–Trinajstić information content (AvgIpc) is 2.90. The molecule has 0 bridgehead atoms. The second kappa shape index (κ2) is 5.47. The van der Waals surface area contributed by atoms with Crippen LogP contribution in [0.4, 0.5) is 0 Å². The van der Waals surface area contributed by atoms with Gasteiger partial charge in [0.2, 0.25) is 0 Å². The number of hydrogen-bond donors (Lipinski definition) is 0. The first kappa shape index (κ1) is 14.0. The SMILES string of the molecule is COC(=O)C1(c2cc(Br)cc(C3OCCO3)c2)CCC1. The Balaban J connectivity index is 1.98. The minimum Gasteiger partial charge on any atom is -0.468 e. The summed E-state index contributed by atoms with van der Waals surface area (Å²) >= 11 is 3.51. The fraction of sp³-hybridized carbons (Fsp3) is 0.533. The van der Waals surface area contributed by atoms with Gasteiger partial charge in [-0.2, -0.15) is 0 Å². The number of esters is 1. The van der Waals surface area contributed by atoms with Crippen molar-refractivity contribution in [1.82, 2.24) is 0 Å². The summed E-state index contributed by atoms with van der Waals surface area (Å²) in [7, 11) is 1.45. The summed E-state index contributed by atoms with van der Waals surface area (Å²) in [4.78, 5) is 12.2. The summed E-state index contributed by atoms with van der Waals surface area (Å²) in [5.74, 6) is -0.152. The molecule has 0 atom stereocenters. The standard InChI is InChI=1S/C15H17BrO4/c1-18-14(17)15(3-2-4-15)11-7-10(8-12(16)9-11)13-19-5-6-20-13/h7-9,13H,2-6H2,1H3. The van der Waals surface area contributed by atoms with Gasteiger partial charge in [0.15, 0.2) is 6.29 Å². The lowest BCUT2D eigenvalue weighted by atomic mass is 9.64. The molecule has 0 amide bonds. The predicted molar refractivity (Wildman–Crippen MR) is 76.3 cm³/mol. The zero-order chi connectivity index (χ0) is 14.2. The first-order valence-corrected chi connectivity index (χ1v) is 7.58. The molecule has 1 saturated carbocycles. The second-order valence-electron chi connectivity index (χ2n) is 5.27. The van der Waals surface area contributed by atoms with Crippen LogP contribution < -0.4 is 0 Å². The maximum atomic E-state index is 12.2. The molecule has 0 aromatic heterocycles. The first-order valence-electron chi connectivity index (χ1n) is 6.78. The Morgan fingerprint density at radius 2 is 2.00 bits per heavy atom. The van der Waals surface area contributed by atoms with Gasteiger partial charge in [0.05, 0.1) is 25.7 Å². The van der Waals surface area contributed by atoms with Crippen LogP contribution in [0.15, 0.2) is 22.7 Å². The smallest absolute Gasteiger partial charge is 0.316 e. The molecule has 108 valence electrons. The summed E-state index contributed by atoms with van der Waals surface area (Å²) in [6.07, 6.45) is 2.39. The van der Waals surface area contributed by atoms with Gasteiger partial charge in [-0.25, -0.2) is 0 Å². The quantitative estimate of drug-likeness (QED) is 0.793. The number of hydrogen-bond acceptors (Lipinski definition) is 4. The molecule has 1 heterocycles. The normalized spacial score (nSPS) is 21.5. The molecule has 2 aliphatic rings. The van der Waals surface area contributed by atoms with Crippen LogP contribution in [0.1, 0.15) is 36.7 Å². The molecule has 4 nitrogen and oxygen atoms in total. The highest BCUT2D eigenvalue weighted by Crippen LogP contribution is 2.46. The van der Waals surface area contributed by atoms with E-state index in [0.29, 0.717) is 13.2 Å². The maximum Gasteiger partial charge on any atom is 0.316 e.